The van der Waals surface area contributed by atoms with Crippen LogP contribution in [0.2, 0.25) is 0 Å². The van der Waals surface area contributed by atoms with Crippen molar-refractivity contribution in [3.05, 3.63) is 28.5 Å². The van der Waals surface area contributed by atoms with Crippen molar-refractivity contribution in [1.82, 2.24) is 4.98 Å². The van der Waals surface area contributed by atoms with Crippen LogP contribution in [-0.2, 0) is 0 Å². The highest BCUT2D eigenvalue weighted by Gasteiger charge is 1.86. The van der Waals surface area contributed by atoms with Crippen molar-refractivity contribution in [3.63, 3.8) is 0 Å². The molecule has 1 aromatic rings. The van der Waals surface area contributed by atoms with Gasteiger partial charge in [0.2, 0.25) is 0 Å². The van der Waals surface area contributed by atoms with E-state index < -0.39 is 0 Å². The molecular weight excluding hydrogens is 192 g/mol. The van der Waals surface area contributed by atoms with Crippen LogP contribution >= 0.6 is 15.9 Å². The van der Waals surface area contributed by atoms with Gasteiger partial charge in [-0.3, -0.25) is 9.98 Å². The van der Waals surface area contributed by atoms with Gasteiger partial charge in [-0.15, -0.1) is 0 Å². The quantitative estimate of drug-likeness (QED) is 0.634. The topological polar surface area (TPSA) is 25.2 Å². The second-order valence-corrected chi connectivity index (χ2v) is 2.70. The van der Waals surface area contributed by atoms with Gasteiger partial charge >= 0.3 is 0 Å². The van der Waals surface area contributed by atoms with Gasteiger partial charge in [-0.05, 0) is 28.1 Å². The minimum atomic E-state index is 0.880. The molecule has 2 nitrogen and oxygen atoms in total. The van der Waals surface area contributed by atoms with Crippen molar-refractivity contribution in [2.24, 2.45) is 4.99 Å². The van der Waals surface area contributed by atoms with Crippen molar-refractivity contribution in [3.8, 4) is 0 Å². The Bertz CT molecular complexity index is 228. The first-order chi connectivity index (χ1) is 4.83. The summed E-state index contributed by atoms with van der Waals surface area (Å²) in [6, 6.07) is 3.83. The largest absolute Gasteiger partial charge is 0.294 e. The lowest BCUT2D eigenvalue weighted by molar-refractivity contribution is 1.28. The lowest BCUT2D eigenvalue weighted by atomic mass is 10.4. The van der Waals surface area contributed by atoms with E-state index in [9.17, 15) is 0 Å². The lowest BCUT2D eigenvalue weighted by Crippen LogP contribution is -1.84. The minimum absolute atomic E-state index is 0.880. The molecule has 0 amide bonds. The van der Waals surface area contributed by atoms with E-state index in [0.29, 0.717) is 0 Å². The summed E-state index contributed by atoms with van der Waals surface area (Å²) in [5.74, 6) is 0. The van der Waals surface area contributed by atoms with Crippen LogP contribution in [-0.4, -0.2) is 18.2 Å². The molecule has 0 unspecified atom stereocenters. The number of halogens is 1. The van der Waals surface area contributed by atoms with Gasteiger partial charge in [0.15, 0.2) is 0 Å². The molecule has 0 aliphatic rings. The molecule has 0 spiro atoms. The van der Waals surface area contributed by atoms with Crippen molar-refractivity contribution in [2.45, 2.75) is 0 Å². The van der Waals surface area contributed by atoms with Crippen molar-refractivity contribution < 1.29 is 0 Å². The number of nitrogens with zero attached hydrogens (tertiary/aromatic N) is 2. The van der Waals surface area contributed by atoms with Crippen LogP contribution in [0.1, 0.15) is 5.69 Å². The molecule has 1 rings (SSSR count). The molecule has 0 atom stereocenters. The zero-order valence-corrected chi connectivity index (χ0v) is 7.17. The molecule has 0 bridgehead atoms. The van der Waals surface area contributed by atoms with Crippen LogP contribution in [0.25, 0.3) is 0 Å². The van der Waals surface area contributed by atoms with E-state index in [4.69, 9.17) is 0 Å². The Hall–Kier alpha value is -0.700. The van der Waals surface area contributed by atoms with Crippen LogP contribution in [0.5, 0.6) is 0 Å². The standard InChI is InChI=1S/C7H7BrN2/c1-9-5-7-3-2-6(8)4-10-7/h2-5H,1H3/b9-5+. The van der Waals surface area contributed by atoms with E-state index in [1.807, 2.05) is 12.1 Å². The summed E-state index contributed by atoms with van der Waals surface area (Å²) in [7, 11) is 1.73. The Balaban J connectivity index is 2.89. The van der Waals surface area contributed by atoms with Gasteiger partial charge in [0, 0.05) is 23.9 Å². The molecule has 0 aliphatic carbocycles. The molecule has 3 heteroatoms. The average molecular weight is 199 g/mol. The summed E-state index contributed by atoms with van der Waals surface area (Å²) >= 11 is 3.29. The molecule has 1 aromatic heterocycles. The molecule has 0 fully saturated rings. The molecule has 0 saturated heterocycles. The molecular formula is C7H7BrN2. The van der Waals surface area contributed by atoms with Crippen LogP contribution in [0.15, 0.2) is 27.8 Å². The van der Waals surface area contributed by atoms with Gasteiger partial charge in [0.1, 0.15) is 0 Å². The highest BCUT2D eigenvalue weighted by molar-refractivity contribution is 9.10. The Morgan fingerprint density at radius 2 is 2.40 bits per heavy atom. The summed E-state index contributed by atoms with van der Waals surface area (Å²) < 4.78 is 0.987. The lowest BCUT2D eigenvalue weighted by Gasteiger charge is -1.89. The Kier molecular flexibility index (Phi) is 2.57. The number of pyridine rings is 1. The molecule has 0 N–H and O–H groups in total. The van der Waals surface area contributed by atoms with E-state index in [1.54, 1.807) is 19.5 Å². The third-order valence-corrected chi connectivity index (χ3v) is 1.48. The van der Waals surface area contributed by atoms with Crippen LogP contribution < -0.4 is 0 Å². The van der Waals surface area contributed by atoms with Crippen LogP contribution in [0.3, 0.4) is 0 Å². The number of hydrogen-bond acceptors (Lipinski definition) is 2. The predicted molar refractivity (Wildman–Crippen MR) is 45.5 cm³/mol. The van der Waals surface area contributed by atoms with E-state index in [0.717, 1.165) is 10.2 Å². The third-order valence-electron chi connectivity index (χ3n) is 1.01. The highest BCUT2D eigenvalue weighted by atomic mass is 79.9. The highest BCUT2D eigenvalue weighted by Crippen LogP contribution is 2.05. The molecule has 0 radical (unpaired) electrons. The summed E-state index contributed by atoms with van der Waals surface area (Å²) in [5, 5.41) is 0. The molecule has 0 aromatic carbocycles. The second-order valence-electron chi connectivity index (χ2n) is 1.79. The summed E-state index contributed by atoms with van der Waals surface area (Å²) in [6.45, 7) is 0. The van der Waals surface area contributed by atoms with Gasteiger partial charge in [0.25, 0.3) is 0 Å². The maximum absolute atomic E-state index is 4.07. The first-order valence-corrected chi connectivity index (χ1v) is 3.66. The van der Waals surface area contributed by atoms with Gasteiger partial charge in [-0.2, -0.15) is 0 Å². The van der Waals surface area contributed by atoms with Crippen molar-refractivity contribution in [2.75, 3.05) is 7.05 Å². The van der Waals surface area contributed by atoms with E-state index in [2.05, 4.69) is 25.9 Å². The molecule has 0 saturated carbocycles. The maximum atomic E-state index is 4.07. The first-order valence-electron chi connectivity index (χ1n) is 2.86. The predicted octanol–water partition coefficient (Wildman–Crippen LogP) is 1.89. The van der Waals surface area contributed by atoms with E-state index >= 15 is 0 Å². The number of hydrogen-bond donors (Lipinski definition) is 0. The van der Waals surface area contributed by atoms with Crippen molar-refractivity contribution >= 4 is 22.1 Å². The smallest absolute Gasteiger partial charge is 0.0808 e. The molecule has 0 aliphatic heterocycles. The fourth-order valence-electron chi connectivity index (χ4n) is 0.596. The fraction of sp³-hybridized carbons (Fsp3) is 0.143. The summed E-state index contributed by atoms with van der Waals surface area (Å²) in [4.78, 5) is 7.90. The number of rotatable bonds is 1. The van der Waals surface area contributed by atoms with Crippen molar-refractivity contribution in [1.29, 1.82) is 0 Å². The van der Waals surface area contributed by atoms with Gasteiger partial charge < -0.3 is 0 Å². The van der Waals surface area contributed by atoms with Crippen LogP contribution in [0, 0.1) is 0 Å². The second kappa shape index (κ2) is 3.46. The maximum Gasteiger partial charge on any atom is 0.0808 e. The average Bonchev–Trinajstić information content (AvgIpc) is 1.95. The monoisotopic (exact) mass is 198 g/mol. The van der Waals surface area contributed by atoms with Gasteiger partial charge in [0.05, 0.1) is 5.69 Å². The number of aliphatic imine (C=N–C) groups is 1. The van der Waals surface area contributed by atoms with Gasteiger partial charge in [-0.1, -0.05) is 0 Å². The van der Waals surface area contributed by atoms with Gasteiger partial charge in [-0.25, -0.2) is 0 Å². The Labute approximate surface area is 68.1 Å². The molecule has 1 heterocycles. The number of aromatic nitrogens is 1. The minimum Gasteiger partial charge on any atom is -0.294 e. The van der Waals surface area contributed by atoms with Crippen LogP contribution in [0.4, 0.5) is 0 Å². The SMILES string of the molecule is C/N=C/c1ccc(Br)cn1. The van der Waals surface area contributed by atoms with E-state index in [1.165, 1.54) is 0 Å². The molecule has 10 heavy (non-hydrogen) atoms. The first kappa shape index (κ1) is 7.41. The Morgan fingerprint density at radius 3 is 2.90 bits per heavy atom. The summed E-state index contributed by atoms with van der Waals surface area (Å²) in [6.07, 6.45) is 3.46. The third kappa shape index (κ3) is 1.92. The summed E-state index contributed by atoms with van der Waals surface area (Å²) in [5.41, 5.74) is 0.880. The normalized spacial score (nSPS) is 10.6. The fourth-order valence-corrected chi connectivity index (χ4v) is 0.830. The van der Waals surface area contributed by atoms with E-state index in [-0.39, 0.29) is 0 Å². The molecule has 52 valence electrons. The Morgan fingerprint density at radius 1 is 1.60 bits per heavy atom. The zero-order valence-electron chi connectivity index (χ0n) is 5.58. The zero-order chi connectivity index (χ0) is 7.40.